The Labute approximate surface area is 122 Å². The average molecular weight is 331 g/mol. The number of hydrogen-bond donors (Lipinski definition) is 1. The van der Waals surface area contributed by atoms with Crippen molar-refractivity contribution in [2.24, 2.45) is 0 Å². The van der Waals surface area contributed by atoms with Gasteiger partial charge in [0.1, 0.15) is 4.90 Å². The number of sulfonamides is 1. The first-order valence-corrected chi connectivity index (χ1v) is 8.00. The zero-order valence-corrected chi connectivity index (χ0v) is 13.1. The van der Waals surface area contributed by atoms with E-state index in [1.807, 2.05) is 0 Å². The van der Waals surface area contributed by atoms with Crippen LogP contribution in [0.15, 0.2) is 23.1 Å². The van der Waals surface area contributed by atoms with Gasteiger partial charge in [-0.3, -0.25) is 0 Å². The number of rotatable bonds is 5. The van der Waals surface area contributed by atoms with Crippen LogP contribution in [0.4, 0.5) is 0 Å². The zero-order valence-electron chi connectivity index (χ0n) is 10.0. The van der Waals surface area contributed by atoms with Gasteiger partial charge in [-0.05, 0) is 38.5 Å². The van der Waals surface area contributed by atoms with E-state index in [2.05, 4.69) is 4.72 Å². The number of alkyl halides is 1. The molecule has 0 aromatic heterocycles. The van der Waals surface area contributed by atoms with E-state index in [4.69, 9.17) is 34.8 Å². The summed E-state index contributed by atoms with van der Waals surface area (Å²) in [4.78, 5) is -0.0284. The Morgan fingerprint density at radius 3 is 2.44 bits per heavy atom. The zero-order chi connectivity index (χ0) is 14.0. The lowest BCUT2D eigenvalue weighted by Crippen LogP contribution is -2.43. The predicted molar refractivity (Wildman–Crippen MR) is 76.2 cm³/mol. The van der Waals surface area contributed by atoms with Crippen LogP contribution in [0.5, 0.6) is 0 Å². The summed E-state index contributed by atoms with van der Waals surface area (Å²) in [6.45, 7) is 3.51. The summed E-state index contributed by atoms with van der Waals surface area (Å²) < 4.78 is 27.0. The van der Waals surface area contributed by atoms with E-state index >= 15 is 0 Å². The molecule has 0 fully saturated rings. The second kappa shape index (κ2) is 5.97. The Bertz CT molecular complexity index is 529. The Hall–Kier alpha value is -0.000000000000000111. The minimum absolute atomic E-state index is 0.0284. The summed E-state index contributed by atoms with van der Waals surface area (Å²) in [5, 5.41) is 0.448. The molecule has 0 amide bonds. The predicted octanol–water partition coefficient (Wildman–Crippen LogP) is 3.68. The molecule has 0 saturated carbocycles. The topological polar surface area (TPSA) is 46.2 Å². The van der Waals surface area contributed by atoms with E-state index in [1.54, 1.807) is 13.8 Å². The first-order valence-electron chi connectivity index (χ1n) is 5.23. The third kappa shape index (κ3) is 4.28. The lowest BCUT2D eigenvalue weighted by atomic mass is 10.0. The monoisotopic (exact) mass is 329 g/mol. The van der Waals surface area contributed by atoms with Crippen molar-refractivity contribution < 1.29 is 8.42 Å². The summed E-state index contributed by atoms with van der Waals surface area (Å²) in [5.74, 6) is 0.360. The average Bonchev–Trinajstić information content (AvgIpc) is 2.19. The largest absolute Gasteiger partial charge is 0.242 e. The molecular formula is C11H14Cl3NO2S. The maximum atomic E-state index is 12.2. The molecule has 0 bridgehead atoms. The molecule has 0 aliphatic carbocycles. The first-order chi connectivity index (χ1) is 8.18. The second-order valence-corrected chi connectivity index (χ2v) is 7.38. The molecule has 0 saturated heterocycles. The van der Waals surface area contributed by atoms with Crippen LogP contribution in [0.1, 0.15) is 20.3 Å². The van der Waals surface area contributed by atoms with Crippen LogP contribution in [0, 0.1) is 0 Å². The highest BCUT2D eigenvalue weighted by molar-refractivity contribution is 7.89. The summed E-state index contributed by atoms with van der Waals surface area (Å²) in [7, 11) is -3.72. The van der Waals surface area contributed by atoms with Crippen LogP contribution in [-0.4, -0.2) is 19.8 Å². The summed E-state index contributed by atoms with van der Waals surface area (Å²) >= 11 is 17.3. The van der Waals surface area contributed by atoms with Crippen molar-refractivity contribution in [3.8, 4) is 0 Å². The number of nitrogens with one attached hydrogen (secondary N) is 1. The van der Waals surface area contributed by atoms with E-state index in [-0.39, 0.29) is 9.92 Å². The van der Waals surface area contributed by atoms with E-state index in [0.717, 1.165) is 0 Å². The Balaban J connectivity index is 3.11. The molecule has 0 aliphatic heterocycles. The van der Waals surface area contributed by atoms with Gasteiger partial charge < -0.3 is 0 Å². The third-order valence-electron chi connectivity index (χ3n) is 2.31. The van der Waals surface area contributed by atoms with Crippen molar-refractivity contribution in [2.75, 3.05) is 5.88 Å². The van der Waals surface area contributed by atoms with Gasteiger partial charge >= 0.3 is 0 Å². The number of hydrogen-bond acceptors (Lipinski definition) is 2. The van der Waals surface area contributed by atoms with Gasteiger partial charge in [-0.15, -0.1) is 11.6 Å². The van der Waals surface area contributed by atoms with Gasteiger partial charge in [-0.25, -0.2) is 13.1 Å². The first kappa shape index (κ1) is 16.1. The van der Waals surface area contributed by atoms with E-state index in [0.29, 0.717) is 17.3 Å². The maximum absolute atomic E-state index is 12.2. The van der Waals surface area contributed by atoms with Crippen molar-refractivity contribution in [3.63, 3.8) is 0 Å². The summed E-state index contributed by atoms with van der Waals surface area (Å²) in [5.41, 5.74) is -0.647. The summed E-state index contributed by atoms with van der Waals surface area (Å²) in [6.07, 6.45) is 0.506. The molecule has 102 valence electrons. The molecule has 3 nitrogen and oxygen atoms in total. The van der Waals surface area contributed by atoms with Gasteiger partial charge in [0.25, 0.3) is 0 Å². The molecular weight excluding hydrogens is 317 g/mol. The van der Waals surface area contributed by atoms with Crippen molar-refractivity contribution in [3.05, 3.63) is 28.2 Å². The fourth-order valence-corrected chi connectivity index (χ4v) is 4.07. The molecule has 18 heavy (non-hydrogen) atoms. The van der Waals surface area contributed by atoms with E-state index < -0.39 is 15.6 Å². The van der Waals surface area contributed by atoms with Gasteiger partial charge in [0.2, 0.25) is 10.0 Å². The lowest BCUT2D eigenvalue weighted by molar-refractivity contribution is 0.441. The van der Waals surface area contributed by atoms with E-state index in [1.165, 1.54) is 18.2 Å². The van der Waals surface area contributed by atoms with Gasteiger partial charge in [-0.2, -0.15) is 0 Å². The van der Waals surface area contributed by atoms with Gasteiger partial charge in [-0.1, -0.05) is 23.2 Å². The van der Waals surface area contributed by atoms with Gasteiger partial charge in [0, 0.05) is 16.4 Å². The number of halogens is 3. The smallest absolute Gasteiger partial charge is 0.207 e. The van der Waals surface area contributed by atoms with Gasteiger partial charge in [0.15, 0.2) is 0 Å². The van der Waals surface area contributed by atoms with Gasteiger partial charge in [0.05, 0.1) is 5.02 Å². The minimum atomic E-state index is -3.72. The maximum Gasteiger partial charge on any atom is 0.242 e. The quantitative estimate of drug-likeness (QED) is 0.837. The molecule has 1 aromatic carbocycles. The number of benzene rings is 1. The third-order valence-corrected chi connectivity index (χ3v) is 4.92. The van der Waals surface area contributed by atoms with Crippen LogP contribution < -0.4 is 4.72 Å². The Kier molecular flexibility index (Phi) is 5.32. The molecule has 7 heteroatoms. The molecule has 0 radical (unpaired) electrons. The molecule has 1 aromatic rings. The Morgan fingerprint density at radius 2 is 1.89 bits per heavy atom. The summed E-state index contributed by atoms with van der Waals surface area (Å²) in [6, 6.07) is 4.31. The molecule has 0 atom stereocenters. The lowest BCUT2D eigenvalue weighted by Gasteiger charge is -2.25. The van der Waals surface area contributed by atoms with Crippen LogP contribution in [0.25, 0.3) is 0 Å². The fraction of sp³-hybridized carbons (Fsp3) is 0.455. The standard InChI is InChI=1S/C11H14Cl3NO2S/c1-11(2,5-6-12)15-18(16,17)10-7-8(13)3-4-9(10)14/h3-4,7,15H,5-6H2,1-2H3. The highest BCUT2D eigenvalue weighted by atomic mass is 35.5. The van der Waals surface area contributed by atoms with Crippen molar-refractivity contribution in [1.29, 1.82) is 0 Å². The van der Waals surface area contributed by atoms with Crippen LogP contribution >= 0.6 is 34.8 Å². The Morgan fingerprint density at radius 1 is 1.28 bits per heavy atom. The molecule has 1 rings (SSSR count). The molecule has 1 N–H and O–H groups in total. The van der Waals surface area contributed by atoms with Crippen molar-refractivity contribution in [2.45, 2.75) is 30.7 Å². The van der Waals surface area contributed by atoms with Crippen molar-refractivity contribution in [1.82, 2.24) is 4.72 Å². The van der Waals surface area contributed by atoms with Crippen LogP contribution in [-0.2, 0) is 10.0 Å². The van der Waals surface area contributed by atoms with Crippen LogP contribution in [0.3, 0.4) is 0 Å². The highest BCUT2D eigenvalue weighted by Crippen LogP contribution is 2.26. The molecule has 0 aliphatic rings. The second-order valence-electron chi connectivity index (χ2n) is 4.50. The van der Waals surface area contributed by atoms with Crippen LogP contribution in [0.2, 0.25) is 10.0 Å². The highest BCUT2D eigenvalue weighted by Gasteiger charge is 2.27. The SMILES string of the molecule is CC(C)(CCCl)NS(=O)(=O)c1cc(Cl)ccc1Cl. The van der Waals surface area contributed by atoms with Crippen molar-refractivity contribution >= 4 is 44.8 Å². The minimum Gasteiger partial charge on any atom is -0.207 e. The fourth-order valence-electron chi connectivity index (χ4n) is 1.39. The molecule has 0 heterocycles. The normalized spacial score (nSPS) is 12.7. The van der Waals surface area contributed by atoms with E-state index in [9.17, 15) is 8.42 Å². The molecule has 0 unspecified atom stereocenters. The molecule has 0 spiro atoms.